The number of hydrogen-bond donors (Lipinski definition) is 0. The molecule has 2 aliphatic rings. The number of rotatable bonds is 23. The minimum Gasteiger partial charge on any atom is -0.482 e. The molecule has 1 fully saturated rings. The Morgan fingerprint density at radius 2 is 1.32 bits per heavy atom. The number of esters is 1. The fourth-order valence-corrected chi connectivity index (χ4v) is 7.37. The molecule has 3 rings (SSSR count). The van der Waals surface area contributed by atoms with Gasteiger partial charge < -0.3 is 9.47 Å². The molecule has 0 spiro atoms. The molecule has 0 amide bonds. The van der Waals surface area contributed by atoms with Gasteiger partial charge in [0.05, 0.1) is 6.61 Å². The molecule has 1 aromatic carbocycles. The van der Waals surface area contributed by atoms with Gasteiger partial charge in [-0.1, -0.05) is 142 Å². The van der Waals surface area contributed by atoms with Crippen LogP contribution in [0.2, 0.25) is 0 Å². The standard InChI is InChI=1S/C37H62O3/c1-3-5-7-9-11-12-13-14-15-16-18-20-27-39-37(38)30-40-36-24-21-23-32-28-34-31(22-19-17-10-8-6-4-2)25-26-33(34)29-35(32)36/h21,23-24,31,33-34H,3-20,22,25-30H2,1-2H3/t31?,33-,34-/m1/s1. The first-order chi connectivity index (χ1) is 19.7. The van der Waals surface area contributed by atoms with Crippen LogP contribution in [0.1, 0.15) is 160 Å². The average Bonchev–Trinajstić information content (AvgIpc) is 3.36. The van der Waals surface area contributed by atoms with Crippen LogP contribution in [0.25, 0.3) is 0 Å². The molecule has 1 aromatic rings. The van der Waals surface area contributed by atoms with E-state index in [1.807, 2.05) is 0 Å². The zero-order chi connectivity index (χ0) is 28.3. The molecule has 3 nitrogen and oxygen atoms in total. The Balaban J connectivity index is 1.26. The maximum atomic E-state index is 12.3. The Labute approximate surface area is 247 Å². The molecule has 0 N–H and O–H groups in total. The number of ether oxygens (including phenoxy) is 2. The van der Waals surface area contributed by atoms with Crippen molar-refractivity contribution in [1.29, 1.82) is 0 Å². The van der Waals surface area contributed by atoms with Gasteiger partial charge in [-0.15, -0.1) is 0 Å². The molecule has 3 atom stereocenters. The Morgan fingerprint density at radius 3 is 1.98 bits per heavy atom. The molecule has 0 radical (unpaired) electrons. The van der Waals surface area contributed by atoms with E-state index in [1.54, 1.807) is 0 Å². The van der Waals surface area contributed by atoms with Crippen molar-refractivity contribution in [3.63, 3.8) is 0 Å². The lowest BCUT2D eigenvalue weighted by Crippen LogP contribution is -2.26. The number of fused-ring (bicyclic) bond motifs is 2. The molecular formula is C37H62O3. The van der Waals surface area contributed by atoms with Gasteiger partial charge in [0, 0.05) is 0 Å². The van der Waals surface area contributed by atoms with E-state index in [4.69, 9.17) is 9.47 Å². The van der Waals surface area contributed by atoms with Crippen LogP contribution in [-0.4, -0.2) is 19.2 Å². The first kappa shape index (κ1) is 33.0. The SMILES string of the molecule is CCCCCCCCCCCCCCOC(=O)COc1cccc2c1C[C@H]1CCC(CCCCCCCC)[C@H]1C2. The molecule has 0 heterocycles. The molecule has 0 saturated heterocycles. The van der Waals surface area contributed by atoms with Gasteiger partial charge in [0.25, 0.3) is 0 Å². The van der Waals surface area contributed by atoms with E-state index >= 15 is 0 Å². The summed E-state index contributed by atoms with van der Waals surface area (Å²) in [7, 11) is 0. The van der Waals surface area contributed by atoms with Gasteiger partial charge in [0.1, 0.15) is 5.75 Å². The lowest BCUT2D eigenvalue weighted by molar-refractivity contribution is -0.146. The first-order valence-corrected chi connectivity index (χ1v) is 17.6. The maximum Gasteiger partial charge on any atom is 0.344 e. The number of hydrogen-bond acceptors (Lipinski definition) is 3. The second kappa shape index (κ2) is 20.4. The second-order valence-corrected chi connectivity index (χ2v) is 13.0. The summed E-state index contributed by atoms with van der Waals surface area (Å²) in [5.74, 6) is 3.23. The average molecular weight is 555 g/mol. The fraction of sp³-hybridized carbons (Fsp3) is 0.811. The van der Waals surface area contributed by atoms with Crippen molar-refractivity contribution in [3.05, 3.63) is 29.3 Å². The summed E-state index contributed by atoms with van der Waals surface area (Å²) >= 11 is 0. The molecule has 1 saturated carbocycles. The van der Waals surface area contributed by atoms with Crippen LogP contribution in [-0.2, 0) is 22.4 Å². The number of unbranched alkanes of at least 4 members (excludes halogenated alkanes) is 16. The third-order valence-electron chi connectivity index (χ3n) is 9.81. The molecule has 40 heavy (non-hydrogen) atoms. The van der Waals surface area contributed by atoms with Crippen molar-refractivity contribution in [2.45, 2.75) is 162 Å². The van der Waals surface area contributed by atoms with E-state index in [0.717, 1.165) is 42.8 Å². The Kier molecular flexibility index (Phi) is 16.8. The molecule has 0 aliphatic heterocycles. The molecule has 0 aromatic heterocycles. The largest absolute Gasteiger partial charge is 0.482 e. The summed E-state index contributed by atoms with van der Waals surface area (Å²) in [5.41, 5.74) is 2.82. The third-order valence-corrected chi connectivity index (χ3v) is 9.81. The van der Waals surface area contributed by atoms with Crippen molar-refractivity contribution in [3.8, 4) is 5.75 Å². The van der Waals surface area contributed by atoms with Gasteiger partial charge in [-0.05, 0) is 67.1 Å². The third kappa shape index (κ3) is 12.2. The monoisotopic (exact) mass is 554 g/mol. The predicted molar refractivity (Wildman–Crippen MR) is 169 cm³/mol. The van der Waals surface area contributed by atoms with Gasteiger partial charge in [-0.3, -0.25) is 0 Å². The number of carbonyl (C=O) groups excluding carboxylic acids is 1. The first-order valence-electron chi connectivity index (χ1n) is 17.6. The molecule has 2 aliphatic carbocycles. The van der Waals surface area contributed by atoms with E-state index in [-0.39, 0.29) is 12.6 Å². The summed E-state index contributed by atoms with van der Waals surface area (Å²) in [6.45, 7) is 5.13. The van der Waals surface area contributed by atoms with Crippen molar-refractivity contribution >= 4 is 5.97 Å². The van der Waals surface area contributed by atoms with E-state index in [2.05, 4.69) is 32.0 Å². The smallest absolute Gasteiger partial charge is 0.344 e. The van der Waals surface area contributed by atoms with Gasteiger partial charge in [0.15, 0.2) is 6.61 Å². The highest BCUT2D eigenvalue weighted by atomic mass is 16.6. The summed E-state index contributed by atoms with van der Waals surface area (Å²) in [6, 6.07) is 6.47. The van der Waals surface area contributed by atoms with Crippen molar-refractivity contribution in [1.82, 2.24) is 0 Å². The highest BCUT2D eigenvalue weighted by Gasteiger charge is 2.39. The maximum absolute atomic E-state index is 12.3. The summed E-state index contributed by atoms with van der Waals surface area (Å²) in [4.78, 5) is 12.3. The highest BCUT2D eigenvalue weighted by Crippen LogP contribution is 2.48. The van der Waals surface area contributed by atoms with Gasteiger partial charge in [-0.2, -0.15) is 0 Å². The van der Waals surface area contributed by atoms with E-state index in [9.17, 15) is 4.79 Å². The van der Waals surface area contributed by atoms with Crippen LogP contribution >= 0.6 is 0 Å². The van der Waals surface area contributed by atoms with Crippen molar-refractivity contribution < 1.29 is 14.3 Å². The van der Waals surface area contributed by atoms with Gasteiger partial charge in [-0.25, -0.2) is 4.79 Å². The van der Waals surface area contributed by atoms with Crippen molar-refractivity contribution in [2.24, 2.45) is 17.8 Å². The van der Waals surface area contributed by atoms with E-state index < -0.39 is 0 Å². The van der Waals surface area contributed by atoms with E-state index in [1.165, 1.54) is 140 Å². The summed E-state index contributed by atoms with van der Waals surface area (Å²) in [5, 5.41) is 0. The minimum atomic E-state index is -0.228. The zero-order valence-corrected chi connectivity index (χ0v) is 26.4. The predicted octanol–water partition coefficient (Wildman–Crippen LogP) is 10.8. The summed E-state index contributed by atoms with van der Waals surface area (Å²) in [6.07, 6.45) is 30.6. The zero-order valence-electron chi connectivity index (χ0n) is 26.4. The fourth-order valence-electron chi connectivity index (χ4n) is 7.37. The van der Waals surface area contributed by atoms with Crippen LogP contribution in [0.3, 0.4) is 0 Å². The molecular weight excluding hydrogens is 492 g/mol. The normalized spacial score (nSPS) is 19.8. The molecule has 228 valence electrons. The van der Waals surface area contributed by atoms with Gasteiger partial charge in [0.2, 0.25) is 0 Å². The molecule has 3 heteroatoms. The number of benzene rings is 1. The van der Waals surface area contributed by atoms with Gasteiger partial charge >= 0.3 is 5.97 Å². The Hall–Kier alpha value is -1.51. The lowest BCUT2D eigenvalue weighted by atomic mass is 9.73. The minimum absolute atomic E-state index is 0.0312. The second-order valence-electron chi connectivity index (χ2n) is 13.0. The van der Waals surface area contributed by atoms with Crippen LogP contribution < -0.4 is 4.74 Å². The Bertz CT molecular complexity index is 803. The van der Waals surface area contributed by atoms with Crippen LogP contribution in [0, 0.1) is 17.8 Å². The molecule has 1 unspecified atom stereocenters. The van der Waals surface area contributed by atoms with E-state index in [0.29, 0.717) is 6.61 Å². The highest BCUT2D eigenvalue weighted by molar-refractivity contribution is 5.71. The van der Waals surface area contributed by atoms with Crippen LogP contribution in [0.15, 0.2) is 18.2 Å². The van der Waals surface area contributed by atoms with Crippen molar-refractivity contribution in [2.75, 3.05) is 13.2 Å². The lowest BCUT2D eigenvalue weighted by Gasteiger charge is -2.32. The molecule has 0 bridgehead atoms. The Morgan fingerprint density at radius 1 is 0.725 bits per heavy atom. The van der Waals surface area contributed by atoms with Crippen LogP contribution in [0.4, 0.5) is 0 Å². The number of carbonyl (C=O) groups is 1. The van der Waals surface area contributed by atoms with Crippen LogP contribution in [0.5, 0.6) is 5.75 Å². The topological polar surface area (TPSA) is 35.5 Å². The quantitative estimate of drug-likeness (QED) is 0.0996. The summed E-state index contributed by atoms with van der Waals surface area (Å²) < 4.78 is 11.5.